The maximum atomic E-state index is 11.2. The molecule has 0 aromatic rings. The number of carbonyl (C=O) groups is 1. The second kappa shape index (κ2) is 4.45. The fourth-order valence-corrected chi connectivity index (χ4v) is 2.12. The first-order chi connectivity index (χ1) is 6.16. The van der Waals surface area contributed by atoms with Gasteiger partial charge in [-0.2, -0.15) is 0 Å². The second-order valence-electron chi connectivity index (χ2n) is 3.89. The SMILES string of the molecule is C=C(C(=O)OC)C1CCCCC1C. The summed E-state index contributed by atoms with van der Waals surface area (Å²) >= 11 is 0. The van der Waals surface area contributed by atoms with E-state index in [0.29, 0.717) is 17.4 Å². The normalized spacial score (nSPS) is 28.2. The molecular weight excluding hydrogens is 164 g/mol. The van der Waals surface area contributed by atoms with Crippen molar-refractivity contribution in [2.24, 2.45) is 11.8 Å². The molecule has 0 bridgehead atoms. The van der Waals surface area contributed by atoms with Crippen LogP contribution in [0.3, 0.4) is 0 Å². The fraction of sp³-hybridized carbons (Fsp3) is 0.727. The molecule has 2 atom stereocenters. The van der Waals surface area contributed by atoms with Crippen LogP contribution in [0.25, 0.3) is 0 Å². The highest BCUT2D eigenvalue weighted by Crippen LogP contribution is 2.34. The van der Waals surface area contributed by atoms with Crippen LogP contribution in [0, 0.1) is 11.8 Å². The van der Waals surface area contributed by atoms with E-state index in [0.717, 1.165) is 6.42 Å². The summed E-state index contributed by atoms with van der Waals surface area (Å²) in [5.41, 5.74) is 0.662. The predicted molar refractivity (Wildman–Crippen MR) is 52.3 cm³/mol. The Balaban J connectivity index is 2.58. The lowest BCUT2D eigenvalue weighted by Gasteiger charge is -2.29. The van der Waals surface area contributed by atoms with Crippen molar-refractivity contribution in [3.63, 3.8) is 0 Å². The largest absolute Gasteiger partial charge is 0.466 e. The maximum Gasteiger partial charge on any atom is 0.333 e. The molecule has 74 valence electrons. The van der Waals surface area contributed by atoms with Gasteiger partial charge in [-0.3, -0.25) is 0 Å². The predicted octanol–water partition coefficient (Wildman–Crippen LogP) is 2.54. The van der Waals surface area contributed by atoms with Gasteiger partial charge in [0, 0.05) is 5.57 Å². The van der Waals surface area contributed by atoms with Gasteiger partial charge in [-0.15, -0.1) is 0 Å². The highest BCUT2D eigenvalue weighted by atomic mass is 16.5. The van der Waals surface area contributed by atoms with Crippen LogP contribution >= 0.6 is 0 Å². The zero-order chi connectivity index (χ0) is 9.84. The van der Waals surface area contributed by atoms with E-state index in [2.05, 4.69) is 18.2 Å². The molecule has 13 heavy (non-hydrogen) atoms. The van der Waals surface area contributed by atoms with Crippen LogP contribution in [0.4, 0.5) is 0 Å². The average molecular weight is 182 g/mol. The molecule has 2 unspecified atom stereocenters. The third kappa shape index (κ3) is 2.33. The Morgan fingerprint density at radius 1 is 1.38 bits per heavy atom. The van der Waals surface area contributed by atoms with E-state index >= 15 is 0 Å². The Labute approximate surface area is 80.0 Å². The van der Waals surface area contributed by atoms with Crippen molar-refractivity contribution in [3.05, 3.63) is 12.2 Å². The van der Waals surface area contributed by atoms with Crippen molar-refractivity contribution in [2.45, 2.75) is 32.6 Å². The Hall–Kier alpha value is -0.790. The summed E-state index contributed by atoms with van der Waals surface area (Å²) in [6, 6.07) is 0. The third-order valence-electron chi connectivity index (χ3n) is 3.01. The lowest BCUT2D eigenvalue weighted by molar-refractivity contribution is -0.137. The van der Waals surface area contributed by atoms with E-state index in [1.165, 1.54) is 26.4 Å². The van der Waals surface area contributed by atoms with E-state index < -0.39 is 0 Å². The Morgan fingerprint density at radius 3 is 2.54 bits per heavy atom. The lowest BCUT2D eigenvalue weighted by atomic mass is 9.76. The number of methoxy groups -OCH3 is 1. The number of carbonyl (C=O) groups excluding carboxylic acids is 1. The molecule has 1 fully saturated rings. The molecule has 0 radical (unpaired) electrons. The van der Waals surface area contributed by atoms with E-state index in [4.69, 9.17) is 0 Å². The van der Waals surface area contributed by atoms with Gasteiger partial charge < -0.3 is 4.74 Å². The Bertz CT molecular complexity index is 208. The van der Waals surface area contributed by atoms with Crippen LogP contribution in [0.1, 0.15) is 32.6 Å². The third-order valence-corrected chi connectivity index (χ3v) is 3.01. The van der Waals surface area contributed by atoms with Crippen molar-refractivity contribution in [1.29, 1.82) is 0 Å². The zero-order valence-corrected chi connectivity index (χ0v) is 8.51. The molecule has 1 aliphatic carbocycles. The highest BCUT2D eigenvalue weighted by molar-refractivity contribution is 5.88. The van der Waals surface area contributed by atoms with Crippen LogP contribution < -0.4 is 0 Å². The minimum Gasteiger partial charge on any atom is -0.466 e. The van der Waals surface area contributed by atoms with Gasteiger partial charge in [-0.1, -0.05) is 32.8 Å². The van der Waals surface area contributed by atoms with Gasteiger partial charge in [-0.25, -0.2) is 4.79 Å². The van der Waals surface area contributed by atoms with Crippen molar-refractivity contribution in [3.8, 4) is 0 Å². The summed E-state index contributed by atoms with van der Waals surface area (Å²) < 4.78 is 4.68. The van der Waals surface area contributed by atoms with Gasteiger partial charge in [-0.05, 0) is 18.3 Å². The Kier molecular flexibility index (Phi) is 3.52. The van der Waals surface area contributed by atoms with Crippen LogP contribution in [-0.4, -0.2) is 13.1 Å². The number of hydrogen-bond donors (Lipinski definition) is 0. The smallest absolute Gasteiger partial charge is 0.333 e. The van der Waals surface area contributed by atoms with E-state index in [9.17, 15) is 4.79 Å². The summed E-state index contributed by atoms with van der Waals surface area (Å²) in [6.45, 7) is 6.02. The molecule has 0 N–H and O–H groups in total. The van der Waals surface area contributed by atoms with Gasteiger partial charge >= 0.3 is 5.97 Å². The van der Waals surface area contributed by atoms with Crippen molar-refractivity contribution in [2.75, 3.05) is 7.11 Å². The number of ether oxygens (including phenoxy) is 1. The van der Waals surface area contributed by atoms with Crippen LogP contribution in [0.15, 0.2) is 12.2 Å². The Morgan fingerprint density at radius 2 is 2.00 bits per heavy atom. The highest BCUT2D eigenvalue weighted by Gasteiger charge is 2.27. The molecular formula is C11H18O2. The standard InChI is InChI=1S/C11H18O2/c1-8-6-4-5-7-10(8)9(2)11(12)13-3/h8,10H,2,4-7H2,1,3H3. The van der Waals surface area contributed by atoms with Crippen LogP contribution in [-0.2, 0) is 9.53 Å². The lowest BCUT2D eigenvalue weighted by Crippen LogP contribution is -2.23. The topological polar surface area (TPSA) is 26.3 Å². The average Bonchev–Trinajstić information content (AvgIpc) is 2.16. The molecule has 0 amide bonds. The summed E-state index contributed by atoms with van der Waals surface area (Å²) in [4.78, 5) is 11.2. The maximum absolute atomic E-state index is 11.2. The summed E-state index contributed by atoms with van der Waals surface area (Å²) in [5.74, 6) is 0.695. The minimum atomic E-state index is -0.237. The monoisotopic (exact) mass is 182 g/mol. The molecule has 0 saturated heterocycles. The van der Waals surface area contributed by atoms with Gasteiger partial charge in [0.1, 0.15) is 0 Å². The van der Waals surface area contributed by atoms with E-state index in [1.54, 1.807) is 0 Å². The van der Waals surface area contributed by atoms with E-state index in [-0.39, 0.29) is 5.97 Å². The first-order valence-electron chi connectivity index (χ1n) is 4.94. The number of rotatable bonds is 2. The van der Waals surface area contributed by atoms with Crippen molar-refractivity contribution in [1.82, 2.24) is 0 Å². The summed E-state index contributed by atoms with van der Waals surface area (Å²) in [5, 5.41) is 0. The second-order valence-corrected chi connectivity index (χ2v) is 3.89. The van der Waals surface area contributed by atoms with Crippen LogP contribution in [0.5, 0.6) is 0 Å². The molecule has 0 heterocycles. The van der Waals surface area contributed by atoms with Gasteiger partial charge in [0.2, 0.25) is 0 Å². The molecule has 0 aromatic carbocycles. The van der Waals surface area contributed by atoms with E-state index in [1.807, 2.05) is 0 Å². The quantitative estimate of drug-likeness (QED) is 0.484. The first-order valence-corrected chi connectivity index (χ1v) is 4.94. The number of hydrogen-bond acceptors (Lipinski definition) is 2. The summed E-state index contributed by atoms with van der Waals surface area (Å²) in [6.07, 6.45) is 4.80. The number of esters is 1. The first kappa shape index (κ1) is 10.3. The molecule has 1 saturated carbocycles. The molecule has 2 nitrogen and oxygen atoms in total. The van der Waals surface area contributed by atoms with Crippen LogP contribution in [0.2, 0.25) is 0 Å². The molecule has 2 heteroatoms. The van der Waals surface area contributed by atoms with Gasteiger partial charge in [0.05, 0.1) is 7.11 Å². The molecule has 1 aliphatic rings. The van der Waals surface area contributed by atoms with Gasteiger partial charge in [0.25, 0.3) is 0 Å². The van der Waals surface area contributed by atoms with Crippen molar-refractivity contribution >= 4 is 5.97 Å². The summed E-state index contributed by atoms with van der Waals surface area (Å²) in [7, 11) is 1.42. The zero-order valence-electron chi connectivity index (χ0n) is 8.51. The molecule has 0 aliphatic heterocycles. The molecule has 1 rings (SSSR count). The minimum absolute atomic E-state index is 0.237. The van der Waals surface area contributed by atoms with Gasteiger partial charge in [0.15, 0.2) is 0 Å². The fourth-order valence-electron chi connectivity index (χ4n) is 2.12. The molecule has 0 aromatic heterocycles. The molecule has 0 spiro atoms. The van der Waals surface area contributed by atoms with Crippen molar-refractivity contribution < 1.29 is 9.53 Å².